The van der Waals surface area contributed by atoms with Gasteiger partial charge in [-0.2, -0.15) is 0 Å². The van der Waals surface area contributed by atoms with Gasteiger partial charge in [0.2, 0.25) is 0 Å². The summed E-state index contributed by atoms with van der Waals surface area (Å²) in [5, 5.41) is 19.6. The Bertz CT molecular complexity index is 705. The van der Waals surface area contributed by atoms with E-state index in [1.54, 1.807) is 37.7 Å². The molecule has 0 aromatic heterocycles. The zero-order valence-electron chi connectivity index (χ0n) is 15.2. The van der Waals surface area contributed by atoms with Crippen LogP contribution in [0.15, 0.2) is 53.4 Å². The monoisotopic (exact) mass is 358 g/mol. The molecule has 0 amide bonds. The van der Waals surface area contributed by atoms with Crippen LogP contribution in [0.2, 0.25) is 0 Å². The highest BCUT2D eigenvalue weighted by Gasteiger charge is 2.24. The molecule has 0 aliphatic rings. The predicted octanol–water partition coefficient (Wildman–Crippen LogP) is 4.09. The first-order chi connectivity index (χ1) is 11.5. The standard InChI is InChI=1S/C21H26O3S/c1-20(2,23)14-25-18-11-7-16(8-12-18)13-15-5-9-17(10-6-15)19(22)21(3,4)24/h5-12,23-24H,13-14H2,1-4H3. The van der Waals surface area contributed by atoms with Crippen LogP contribution in [0.3, 0.4) is 0 Å². The molecule has 3 nitrogen and oxygen atoms in total. The van der Waals surface area contributed by atoms with Crippen LogP contribution >= 0.6 is 11.8 Å². The van der Waals surface area contributed by atoms with Gasteiger partial charge in [0.05, 0.1) is 5.60 Å². The maximum Gasteiger partial charge on any atom is 0.193 e. The average Bonchev–Trinajstić information content (AvgIpc) is 2.53. The molecule has 0 aliphatic heterocycles. The average molecular weight is 359 g/mol. The van der Waals surface area contributed by atoms with E-state index >= 15 is 0 Å². The van der Waals surface area contributed by atoms with E-state index in [1.807, 2.05) is 12.1 Å². The van der Waals surface area contributed by atoms with Crippen molar-refractivity contribution in [2.24, 2.45) is 0 Å². The van der Waals surface area contributed by atoms with Gasteiger partial charge in [0.1, 0.15) is 5.60 Å². The number of carbonyl (C=O) groups is 1. The Kier molecular flexibility index (Phi) is 6.09. The number of hydrogen-bond acceptors (Lipinski definition) is 4. The second-order valence-corrected chi connectivity index (χ2v) is 8.56. The summed E-state index contributed by atoms with van der Waals surface area (Å²) in [6.45, 7) is 6.61. The van der Waals surface area contributed by atoms with Gasteiger partial charge in [-0.05, 0) is 57.4 Å². The van der Waals surface area contributed by atoms with Crippen molar-refractivity contribution < 1.29 is 15.0 Å². The molecule has 0 saturated carbocycles. The smallest absolute Gasteiger partial charge is 0.193 e. The van der Waals surface area contributed by atoms with Crippen molar-refractivity contribution in [1.29, 1.82) is 0 Å². The molecule has 0 fully saturated rings. The molecule has 2 aromatic rings. The molecule has 0 unspecified atom stereocenters. The molecule has 134 valence electrons. The van der Waals surface area contributed by atoms with Gasteiger partial charge in [-0.1, -0.05) is 36.4 Å². The molecule has 4 heteroatoms. The van der Waals surface area contributed by atoms with Gasteiger partial charge >= 0.3 is 0 Å². The lowest BCUT2D eigenvalue weighted by Crippen LogP contribution is -2.31. The van der Waals surface area contributed by atoms with Gasteiger partial charge in [-0.3, -0.25) is 4.79 Å². The molecular formula is C21H26O3S. The van der Waals surface area contributed by atoms with Gasteiger partial charge < -0.3 is 10.2 Å². The summed E-state index contributed by atoms with van der Waals surface area (Å²) in [5.74, 6) is 0.385. The highest BCUT2D eigenvalue weighted by molar-refractivity contribution is 7.99. The summed E-state index contributed by atoms with van der Waals surface area (Å²) in [6.07, 6.45) is 0.785. The second-order valence-electron chi connectivity index (χ2n) is 7.51. The molecule has 25 heavy (non-hydrogen) atoms. The van der Waals surface area contributed by atoms with Gasteiger partial charge in [0.25, 0.3) is 0 Å². The van der Waals surface area contributed by atoms with Crippen molar-refractivity contribution in [1.82, 2.24) is 0 Å². The molecular weight excluding hydrogens is 332 g/mol. The molecule has 2 aromatic carbocycles. The maximum absolute atomic E-state index is 12.0. The third kappa shape index (κ3) is 6.31. The number of hydrogen-bond donors (Lipinski definition) is 2. The van der Waals surface area contributed by atoms with Crippen molar-refractivity contribution in [2.75, 3.05) is 5.75 Å². The van der Waals surface area contributed by atoms with Crippen LogP contribution in [0.5, 0.6) is 0 Å². The van der Waals surface area contributed by atoms with Crippen LogP contribution in [-0.4, -0.2) is 33.0 Å². The molecule has 0 spiro atoms. The van der Waals surface area contributed by atoms with Gasteiger partial charge in [0, 0.05) is 16.2 Å². The largest absolute Gasteiger partial charge is 0.390 e. The summed E-state index contributed by atoms with van der Waals surface area (Å²) < 4.78 is 0. The van der Waals surface area contributed by atoms with Crippen molar-refractivity contribution in [2.45, 2.75) is 50.2 Å². The minimum atomic E-state index is -1.35. The van der Waals surface area contributed by atoms with E-state index in [9.17, 15) is 15.0 Å². The second kappa shape index (κ2) is 7.73. The van der Waals surface area contributed by atoms with E-state index in [0.29, 0.717) is 11.3 Å². The van der Waals surface area contributed by atoms with E-state index in [0.717, 1.165) is 16.9 Å². The molecule has 0 radical (unpaired) electrons. The van der Waals surface area contributed by atoms with Gasteiger partial charge in [-0.25, -0.2) is 0 Å². The lowest BCUT2D eigenvalue weighted by Gasteiger charge is -2.16. The van der Waals surface area contributed by atoms with E-state index in [1.165, 1.54) is 19.4 Å². The fourth-order valence-corrected chi connectivity index (χ4v) is 3.17. The number of Topliss-reactive ketones (excluding diaryl/α,β-unsaturated/α-hetero) is 1. The minimum Gasteiger partial charge on any atom is -0.390 e. The van der Waals surface area contributed by atoms with Crippen molar-refractivity contribution >= 4 is 17.5 Å². The number of carbonyl (C=O) groups excluding carboxylic acids is 1. The molecule has 2 rings (SSSR count). The zero-order chi connectivity index (χ0) is 18.7. The zero-order valence-corrected chi connectivity index (χ0v) is 16.1. The minimum absolute atomic E-state index is 0.271. The Morgan fingerprint density at radius 2 is 1.36 bits per heavy atom. The Balaban J connectivity index is 1.99. The highest BCUT2D eigenvalue weighted by atomic mass is 32.2. The topological polar surface area (TPSA) is 57.5 Å². The number of ketones is 1. The fourth-order valence-electron chi connectivity index (χ4n) is 2.33. The Morgan fingerprint density at radius 3 is 1.80 bits per heavy atom. The molecule has 0 heterocycles. The van der Waals surface area contributed by atoms with Crippen LogP contribution in [-0.2, 0) is 6.42 Å². The summed E-state index contributed by atoms with van der Waals surface area (Å²) in [6, 6.07) is 15.7. The first-order valence-electron chi connectivity index (χ1n) is 8.35. The van der Waals surface area contributed by atoms with Crippen molar-refractivity contribution in [3.05, 3.63) is 65.2 Å². The third-order valence-electron chi connectivity index (χ3n) is 3.70. The van der Waals surface area contributed by atoms with Gasteiger partial charge in [0.15, 0.2) is 5.78 Å². The summed E-state index contributed by atoms with van der Waals surface area (Å²) in [7, 11) is 0. The number of rotatable bonds is 7. The number of thioether (sulfide) groups is 1. The number of benzene rings is 2. The van der Waals surface area contributed by atoms with Crippen molar-refractivity contribution in [3.63, 3.8) is 0 Å². The molecule has 0 bridgehead atoms. The summed E-state index contributed by atoms with van der Waals surface area (Å²) in [4.78, 5) is 13.2. The van der Waals surface area contributed by atoms with Crippen LogP contribution in [0.1, 0.15) is 49.2 Å². The maximum atomic E-state index is 12.0. The fraction of sp³-hybridized carbons (Fsp3) is 0.381. The van der Waals surface area contributed by atoms with E-state index in [2.05, 4.69) is 24.3 Å². The molecule has 0 atom stereocenters. The van der Waals surface area contributed by atoms with Crippen LogP contribution in [0.25, 0.3) is 0 Å². The van der Waals surface area contributed by atoms with Crippen LogP contribution in [0, 0.1) is 0 Å². The quantitative estimate of drug-likeness (QED) is 0.578. The Morgan fingerprint density at radius 1 is 0.880 bits per heavy atom. The van der Waals surface area contributed by atoms with E-state index in [4.69, 9.17) is 0 Å². The third-order valence-corrected chi connectivity index (χ3v) is 5.15. The lowest BCUT2D eigenvalue weighted by atomic mass is 9.95. The lowest BCUT2D eigenvalue weighted by molar-refractivity contribution is 0.0488. The number of aliphatic hydroxyl groups is 2. The first kappa shape index (κ1) is 19.7. The molecule has 2 N–H and O–H groups in total. The predicted molar refractivity (Wildman–Crippen MR) is 103 cm³/mol. The highest BCUT2D eigenvalue weighted by Crippen LogP contribution is 2.23. The normalized spacial score (nSPS) is 12.2. The first-order valence-corrected chi connectivity index (χ1v) is 9.33. The Hall–Kier alpha value is -1.62. The molecule has 0 aliphatic carbocycles. The SMILES string of the molecule is CC(C)(O)CSc1ccc(Cc2ccc(C(=O)C(C)(C)O)cc2)cc1. The molecule has 0 saturated heterocycles. The van der Waals surface area contributed by atoms with E-state index < -0.39 is 11.2 Å². The van der Waals surface area contributed by atoms with Crippen LogP contribution in [0.4, 0.5) is 0 Å². The van der Waals surface area contributed by atoms with Crippen LogP contribution < -0.4 is 0 Å². The van der Waals surface area contributed by atoms with Gasteiger partial charge in [-0.15, -0.1) is 11.8 Å². The summed E-state index contributed by atoms with van der Waals surface area (Å²) >= 11 is 1.64. The summed E-state index contributed by atoms with van der Waals surface area (Å²) in [5.41, 5.74) is 0.803. The Labute approximate surface area is 154 Å². The van der Waals surface area contributed by atoms with Crippen molar-refractivity contribution in [3.8, 4) is 0 Å². The van der Waals surface area contributed by atoms with E-state index in [-0.39, 0.29) is 5.78 Å².